The lowest BCUT2D eigenvalue weighted by atomic mass is 10.3. The van der Waals surface area contributed by atoms with Crippen molar-refractivity contribution in [3.05, 3.63) is 60.2 Å². The van der Waals surface area contributed by atoms with E-state index in [9.17, 15) is 0 Å². The van der Waals surface area contributed by atoms with Crippen LogP contribution in [-0.4, -0.2) is 11.4 Å². The average Bonchev–Trinajstić information content (AvgIpc) is 2.43. The van der Waals surface area contributed by atoms with Crippen LogP contribution in [0.3, 0.4) is 0 Å². The summed E-state index contributed by atoms with van der Waals surface area (Å²) in [6.45, 7) is 4.07. The number of aromatic nitrogens is 2. The average molecular weight is 417 g/mol. The number of halogens is 2. The van der Waals surface area contributed by atoms with Crippen LogP contribution in [0, 0.1) is 6.92 Å². The molecule has 0 aliphatic rings. The van der Waals surface area contributed by atoms with Crippen molar-refractivity contribution in [3.63, 3.8) is 0 Å². The Kier molecular flexibility index (Phi) is 9.82. The molecule has 4 nitrogen and oxygen atoms in total. The van der Waals surface area contributed by atoms with Gasteiger partial charge in [0.15, 0.2) is 37.9 Å². The molecule has 2 heterocycles. The molecular formula is C15H19Br2N3O. The molecule has 0 saturated carbocycles. The minimum Gasteiger partial charge on any atom is -1.00 e. The third-order valence-electron chi connectivity index (χ3n) is 3.01. The number of aryl methyl sites for hydroxylation is 3. The van der Waals surface area contributed by atoms with E-state index in [2.05, 4.69) is 45.7 Å². The molecule has 1 N–H and O–H groups in total. The van der Waals surface area contributed by atoms with Crippen molar-refractivity contribution in [2.24, 2.45) is 5.16 Å². The Balaban J connectivity index is 0.00000200. The highest BCUT2D eigenvalue weighted by Crippen LogP contribution is 1.92. The van der Waals surface area contributed by atoms with Gasteiger partial charge < -0.3 is 39.2 Å². The van der Waals surface area contributed by atoms with Gasteiger partial charge in [0.1, 0.15) is 0 Å². The normalized spacial score (nSPS) is 9.95. The van der Waals surface area contributed by atoms with E-state index in [1.807, 2.05) is 24.5 Å². The summed E-state index contributed by atoms with van der Waals surface area (Å²) in [5.74, 6) is 0. The smallest absolute Gasteiger partial charge is 0.169 e. The van der Waals surface area contributed by atoms with Crippen LogP contribution in [0.5, 0.6) is 0 Å². The lowest BCUT2D eigenvalue weighted by Gasteiger charge is -1.97. The first-order valence-electron chi connectivity index (χ1n) is 6.40. The molecular weight excluding hydrogens is 398 g/mol. The van der Waals surface area contributed by atoms with Crippen LogP contribution in [0.25, 0.3) is 0 Å². The first-order valence-corrected chi connectivity index (χ1v) is 6.40. The fourth-order valence-electron chi connectivity index (χ4n) is 1.89. The summed E-state index contributed by atoms with van der Waals surface area (Å²) >= 11 is 0. The Morgan fingerprint density at radius 1 is 0.952 bits per heavy atom. The molecule has 2 rings (SSSR count). The quantitative estimate of drug-likeness (QED) is 0.227. The maximum absolute atomic E-state index is 8.44. The number of nitrogens with zero attached hydrogens (tertiary/aromatic N) is 3. The van der Waals surface area contributed by atoms with E-state index in [0.717, 1.165) is 25.1 Å². The maximum atomic E-state index is 8.44. The van der Waals surface area contributed by atoms with Crippen LogP contribution in [0.15, 0.2) is 54.2 Å². The summed E-state index contributed by atoms with van der Waals surface area (Å²) in [6.07, 6.45) is 10.7. The van der Waals surface area contributed by atoms with Crippen molar-refractivity contribution in [1.29, 1.82) is 0 Å². The molecule has 0 saturated heterocycles. The Morgan fingerprint density at radius 3 is 1.90 bits per heavy atom. The number of hydrogen-bond acceptors (Lipinski definition) is 2. The minimum atomic E-state index is 0. The lowest BCUT2D eigenvalue weighted by Crippen LogP contribution is -3.00. The summed E-state index contributed by atoms with van der Waals surface area (Å²) in [5, 5.41) is 11.4. The SMILES string of the molecule is Cc1cc[n+](CCC[n+]2ccc(C=NO)cc2)cc1.[Br-].[Br-]. The van der Waals surface area contributed by atoms with E-state index in [1.54, 1.807) is 0 Å². The number of oxime groups is 1. The molecule has 0 spiro atoms. The van der Waals surface area contributed by atoms with Gasteiger partial charge in [0, 0.05) is 29.8 Å². The monoisotopic (exact) mass is 415 g/mol. The largest absolute Gasteiger partial charge is 1.00 e. The zero-order chi connectivity index (χ0) is 13.5. The second-order valence-electron chi connectivity index (χ2n) is 4.58. The lowest BCUT2D eigenvalue weighted by molar-refractivity contribution is -0.726. The zero-order valence-corrected chi connectivity index (χ0v) is 15.0. The topological polar surface area (TPSA) is 40.3 Å². The Labute approximate surface area is 146 Å². The summed E-state index contributed by atoms with van der Waals surface area (Å²) in [4.78, 5) is 0. The van der Waals surface area contributed by atoms with Crippen LogP contribution >= 0.6 is 0 Å². The Hall–Kier alpha value is -1.27. The molecule has 0 radical (unpaired) electrons. The van der Waals surface area contributed by atoms with Gasteiger partial charge in [-0.1, -0.05) is 5.16 Å². The van der Waals surface area contributed by atoms with Crippen molar-refractivity contribution >= 4 is 6.21 Å². The van der Waals surface area contributed by atoms with Crippen LogP contribution in [0.4, 0.5) is 0 Å². The van der Waals surface area contributed by atoms with Gasteiger partial charge in [0.25, 0.3) is 0 Å². The molecule has 0 aliphatic heterocycles. The Bertz CT molecular complexity index is 542. The maximum Gasteiger partial charge on any atom is 0.169 e. The van der Waals surface area contributed by atoms with Crippen LogP contribution < -0.4 is 43.1 Å². The fourth-order valence-corrected chi connectivity index (χ4v) is 1.89. The van der Waals surface area contributed by atoms with E-state index in [1.165, 1.54) is 11.8 Å². The first-order chi connectivity index (χ1) is 9.28. The van der Waals surface area contributed by atoms with E-state index >= 15 is 0 Å². The summed E-state index contributed by atoms with van der Waals surface area (Å²) in [7, 11) is 0. The van der Waals surface area contributed by atoms with Crippen molar-refractivity contribution in [2.75, 3.05) is 0 Å². The second-order valence-corrected chi connectivity index (χ2v) is 4.58. The summed E-state index contributed by atoms with van der Waals surface area (Å²) < 4.78 is 4.32. The van der Waals surface area contributed by atoms with Crippen LogP contribution in [-0.2, 0) is 13.1 Å². The molecule has 0 amide bonds. The van der Waals surface area contributed by atoms with Gasteiger partial charge in [-0.3, -0.25) is 0 Å². The molecule has 21 heavy (non-hydrogen) atoms. The Morgan fingerprint density at radius 2 is 1.43 bits per heavy atom. The highest BCUT2D eigenvalue weighted by atomic mass is 79.9. The van der Waals surface area contributed by atoms with E-state index in [4.69, 9.17) is 5.21 Å². The van der Waals surface area contributed by atoms with E-state index in [0.29, 0.717) is 0 Å². The van der Waals surface area contributed by atoms with Gasteiger partial charge in [0.05, 0.1) is 12.6 Å². The molecule has 0 aliphatic carbocycles. The van der Waals surface area contributed by atoms with Gasteiger partial charge >= 0.3 is 0 Å². The molecule has 6 heteroatoms. The molecule has 2 aromatic heterocycles. The first kappa shape index (κ1) is 19.7. The van der Waals surface area contributed by atoms with Gasteiger partial charge in [-0.15, -0.1) is 0 Å². The summed E-state index contributed by atoms with van der Waals surface area (Å²) in [5.41, 5.74) is 2.18. The van der Waals surface area contributed by atoms with Gasteiger partial charge in [-0.05, 0) is 12.5 Å². The highest BCUT2D eigenvalue weighted by molar-refractivity contribution is 5.78. The van der Waals surface area contributed by atoms with Crippen molar-refractivity contribution in [1.82, 2.24) is 0 Å². The number of hydrogen-bond donors (Lipinski definition) is 1. The number of rotatable bonds is 5. The fraction of sp³-hybridized carbons (Fsp3) is 0.267. The van der Waals surface area contributed by atoms with E-state index in [-0.39, 0.29) is 34.0 Å². The van der Waals surface area contributed by atoms with Gasteiger partial charge in [-0.25, -0.2) is 9.13 Å². The van der Waals surface area contributed by atoms with E-state index < -0.39 is 0 Å². The standard InChI is InChI=1S/C15H18N3O.2BrH/c1-14-3-9-17(10-4-14)7-2-8-18-11-5-15(6-12-18)13-16-19;;/h3-6,9-13H,2,7-8H2,1H3;2*1H/q+1;;/p-1. The summed E-state index contributed by atoms with van der Waals surface area (Å²) in [6, 6.07) is 8.10. The molecule has 0 bridgehead atoms. The zero-order valence-electron chi connectivity index (χ0n) is 11.9. The highest BCUT2D eigenvalue weighted by Gasteiger charge is 2.04. The second kappa shape index (κ2) is 10.5. The third-order valence-corrected chi connectivity index (χ3v) is 3.01. The van der Waals surface area contributed by atoms with Crippen LogP contribution in [0.1, 0.15) is 17.5 Å². The predicted octanol–water partition coefficient (Wildman–Crippen LogP) is -4.52. The molecule has 0 aromatic carbocycles. The van der Waals surface area contributed by atoms with Crippen molar-refractivity contribution in [3.8, 4) is 0 Å². The molecule has 2 aromatic rings. The number of pyridine rings is 2. The van der Waals surface area contributed by atoms with Gasteiger partial charge in [0.2, 0.25) is 0 Å². The predicted molar refractivity (Wildman–Crippen MR) is 72.0 cm³/mol. The third kappa shape index (κ3) is 6.82. The van der Waals surface area contributed by atoms with Gasteiger partial charge in [-0.2, -0.15) is 0 Å². The molecule has 114 valence electrons. The molecule has 0 atom stereocenters. The molecule has 0 fully saturated rings. The van der Waals surface area contributed by atoms with Crippen LogP contribution in [0.2, 0.25) is 0 Å². The molecule has 0 unspecified atom stereocenters. The van der Waals surface area contributed by atoms with Crippen molar-refractivity contribution in [2.45, 2.75) is 26.4 Å². The minimum absolute atomic E-state index is 0. The van der Waals surface area contributed by atoms with Crippen molar-refractivity contribution < 1.29 is 48.3 Å².